The van der Waals surface area contributed by atoms with Crippen LogP contribution >= 0.6 is 0 Å². The average molecular weight is 709 g/mol. The molecule has 2 aromatic heterocycles. The van der Waals surface area contributed by atoms with Crippen LogP contribution in [0, 0.1) is 5.92 Å². The summed E-state index contributed by atoms with van der Waals surface area (Å²) in [4.78, 5) is 69.3. The zero-order valence-electron chi connectivity index (χ0n) is 29.3. The number of carboxylic acid groups (broad SMARTS) is 1. The minimum absolute atomic E-state index is 0.00787. The first-order valence-corrected chi connectivity index (χ1v) is 18.0. The Labute approximate surface area is 301 Å². The molecule has 1 aliphatic carbocycles. The monoisotopic (exact) mass is 708 g/mol. The number of carbonyl (C=O) groups is 4. The number of hydrogen-bond acceptors (Lipinski definition) is 7. The van der Waals surface area contributed by atoms with Crippen LogP contribution in [-0.4, -0.2) is 91.1 Å². The van der Waals surface area contributed by atoms with Gasteiger partial charge in [-0.15, -0.1) is 0 Å². The number of H-pyrrole nitrogens is 2. The van der Waals surface area contributed by atoms with Crippen molar-refractivity contribution >= 4 is 24.0 Å². The number of ether oxygens (including phenoxy) is 1. The van der Waals surface area contributed by atoms with Crippen LogP contribution in [0.4, 0.5) is 9.59 Å². The zero-order valence-corrected chi connectivity index (χ0v) is 29.3. The molecule has 14 heteroatoms. The summed E-state index contributed by atoms with van der Waals surface area (Å²) in [6.07, 6.45) is 7.40. The normalized spacial score (nSPS) is 22.0. The van der Waals surface area contributed by atoms with E-state index in [2.05, 4.69) is 71.7 Å². The van der Waals surface area contributed by atoms with E-state index in [-0.39, 0.29) is 35.9 Å². The van der Waals surface area contributed by atoms with Crippen LogP contribution in [-0.2, 0) is 14.3 Å². The van der Waals surface area contributed by atoms with Crippen LogP contribution < -0.4 is 10.6 Å². The topological polar surface area (TPSA) is 186 Å². The van der Waals surface area contributed by atoms with Gasteiger partial charge < -0.3 is 40.2 Å². The Hall–Kier alpha value is -5.66. The number of nitrogens with zero attached hydrogens (tertiary/aromatic N) is 4. The summed E-state index contributed by atoms with van der Waals surface area (Å²) in [6, 6.07) is 15.1. The van der Waals surface area contributed by atoms with Gasteiger partial charge in [-0.2, -0.15) is 0 Å². The first kappa shape index (κ1) is 34.8. The van der Waals surface area contributed by atoms with Gasteiger partial charge in [-0.3, -0.25) is 9.59 Å². The van der Waals surface area contributed by atoms with Crippen LogP contribution in [0.15, 0.2) is 60.9 Å². The third-order valence-electron chi connectivity index (χ3n) is 10.7. The number of hydrogen-bond donors (Lipinski definition) is 5. The third kappa shape index (κ3) is 7.10. The number of likely N-dealkylation sites (tertiary alicyclic amines) is 2. The standard InChI is InChI=1S/C38H44N8O6/c1-22(41-38(51)52-2)35(47)45-18-4-8-31(45)33-39-20-29(42-33)25-14-10-23(11-15-25)24-12-16-26(17-13-24)30-21-40-34(43-30)32-9-5-19-46(32)36(48)27-6-3-7-28(27)44-37(49)50/h10-17,20-22,27-28,31-32,44H,3-9,18-19H2,1-2H3,(H,39,42)(H,40,43)(H,41,51)(H,49,50)/t22-,27+,28+,31-,32-/m0/s1. The predicted molar refractivity (Wildman–Crippen MR) is 192 cm³/mol. The Morgan fingerprint density at radius 3 is 1.83 bits per heavy atom. The molecule has 272 valence electrons. The number of benzene rings is 2. The minimum Gasteiger partial charge on any atom is -0.465 e. The van der Waals surface area contributed by atoms with Gasteiger partial charge in [0.2, 0.25) is 11.8 Å². The highest BCUT2D eigenvalue weighted by molar-refractivity contribution is 5.86. The first-order chi connectivity index (χ1) is 25.2. The molecule has 7 rings (SSSR count). The van der Waals surface area contributed by atoms with E-state index in [4.69, 9.17) is 0 Å². The Morgan fingerprint density at radius 2 is 1.29 bits per heavy atom. The van der Waals surface area contributed by atoms with Gasteiger partial charge in [-0.1, -0.05) is 55.0 Å². The van der Waals surface area contributed by atoms with Crippen LogP contribution in [0.3, 0.4) is 0 Å². The van der Waals surface area contributed by atoms with E-state index >= 15 is 0 Å². The van der Waals surface area contributed by atoms with Crippen molar-refractivity contribution in [3.05, 3.63) is 72.6 Å². The first-order valence-electron chi connectivity index (χ1n) is 18.0. The molecule has 2 aromatic carbocycles. The maximum atomic E-state index is 13.5. The van der Waals surface area contributed by atoms with Gasteiger partial charge in [-0.25, -0.2) is 19.6 Å². The molecule has 1 saturated carbocycles. The van der Waals surface area contributed by atoms with Crippen molar-refractivity contribution in [1.82, 2.24) is 40.4 Å². The molecule has 4 amide bonds. The SMILES string of the molecule is COC(=O)N[C@@H](C)C(=O)N1CCC[C@H]1c1ncc(-c2ccc(-c3ccc(-c4cnc([C@@H]5CCCN5C(=O)[C@@H]5CCC[C@H]5NC(=O)O)[nH]4)cc3)cc2)[nH]1. The Kier molecular flexibility index (Phi) is 9.97. The lowest BCUT2D eigenvalue weighted by molar-refractivity contribution is -0.137. The van der Waals surface area contributed by atoms with Crippen LogP contribution in [0.1, 0.15) is 75.6 Å². The largest absolute Gasteiger partial charge is 0.465 e. The number of alkyl carbamates (subject to hydrolysis) is 1. The molecule has 4 aromatic rings. The summed E-state index contributed by atoms with van der Waals surface area (Å²) in [5.74, 6) is 0.968. The van der Waals surface area contributed by atoms with E-state index in [9.17, 15) is 24.3 Å². The summed E-state index contributed by atoms with van der Waals surface area (Å²) in [5.41, 5.74) is 5.80. The highest BCUT2D eigenvalue weighted by Crippen LogP contribution is 2.37. The van der Waals surface area contributed by atoms with Crippen molar-refractivity contribution in [2.24, 2.45) is 5.92 Å². The van der Waals surface area contributed by atoms with E-state index in [0.717, 1.165) is 77.4 Å². The molecule has 4 heterocycles. The quantitative estimate of drug-likeness (QED) is 0.148. The van der Waals surface area contributed by atoms with Crippen molar-refractivity contribution in [2.75, 3.05) is 20.2 Å². The molecule has 0 spiro atoms. The molecule has 2 aliphatic heterocycles. The molecule has 14 nitrogen and oxygen atoms in total. The fraction of sp³-hybridized carbons (Fsp3) is 0.421. The summed E-state index contributed by atoms with van der Waals surface area (Å²) >= 11 is 0. The smallest absolute Gasteiger partial charge is 0.407 e. The Morgan fingerprint density at radius 1 is 0.769 bits per heavy atom. The van der Waals surface area contributed by atoms with Crippen LogP contribution in [0.25, 0.3) is 33.6 Å². The lowest BCUT2D eigenvalue weighted by atomic mass is 10.0. The van der Waals surface area contributed by atoms with Crippen molar-refractivity contribution in [3.63, 3.8) is 0 Å². The second kappa shape index (κ2) is 14.9. The molecular formula is C38H44N8O6. The highest BCUT2D eigenvalue weighted by atomic mass is 16.5. The molecule has 5 atom stereocenters. The van der Waals surface area contributed by atoms with Crippen molar-refractivity contribution in [2.45, 2.75) is 76.0 Å². The highest BCUT2D eigenvalue weighted by Gasteiger charge is 2.41. The molecular weight excluding hydrogens is 664 g/mol. The number of methoxy groups -OCH3 is 1. The van der Waals surface area contributed by atoms with Gasteiger partial charge in [0.05, 0.1) is 48.9 Å². The van der Waals surface area contributed by atoms with E-state index in [0.29, 0.717) is 25.9 Å². The lowest BCUT2D eigenvalue weighted by Crippen LogP contribution is -2.46. The van der Waals surface area contributed by atoms with Gasteiger partial charge in [0.15, 0.2) is 0 Å². The maximum absolute atomic E-state index is 13.5. The van der Waals surface area contributed by atoms with Gasteiger partial charge >= 0.3 is 12.2 Å². The van der Waals surface area contributed by atoms with E-state index < -0.39 is 18.2 Å². The summed E-state index contributed by atoms with van der Waals surface area (Å²) in [6.45, 7) is 2.89. The number of amides is 4. The van der Waals surface area contributed by atoms with Crippen molar-refractivity contribution in [1.29, 1.82) is 0 Å². The average Bonchev–Trinajstić information content (AvgIpc) is 4.00. The molecule has 52 heavy (non-hydrogen) atoms. The second-order valence-electron chi connectivity index (χ2n) is 13.8. The number of imidazole rings is 2. The van der Waals surface area contributed by atoms with Crippen LogP contribution in [0.5, 0.6) is 0 Å². The van der Waals surface area contributed by atoms with Crippen molar-refractivity contribution < 1.29 is 29.0 Å². The summed E-state index contributed by atoms with van der Waals surface area (Å²) in [7, 11) is 1.27. The van der Waals surface area contributed by atoms with E-state index in [1.54, 1.807) is 18.0 Å². The third-order valence-corrected chi connectivity index (χ3v) is 10.7. The maximum Gasteiger partial charge on any atom is 0.407 e. The van der Waals surface area contributed by atoms with Crippen molar-refractivity contribution in [3.8, 4) is 33.6 Å². The molecule has 3 fully saturated rings. The summed E-state index contributed by atoms with van der Waals surface area (Å²) in [5, 5.41) is 14.3. The molecule has 3 aliphatic rings. The summed E-state index contributed by atoms with van der Waals surface area (Å²) < 4.78 is 4.64. The molecule has 0 radical (unpaired) electrons. The number of rotatable bonds is 9. The number of carbonyl (C=O) groups excluding carboxylic acids is 3. The molecule has 5 N–H and O–H groups in total. The number of aromatic nitrogens is 4. The Balaban J connectivity index is 0.988. The van der Waals surface area contributed by atoms with Crippen LogP contribution in [0.2, 0.25) is 0 Å². The lowest BCUT2D eigenvalue weighted by Gasteiger charge is -2.28. The van der Waals surface area contributed by atoms with Gasteiger partial charge in [0.25, 0.3) is 0 Å². The predicted octanol–water partition coefficient (Wildman–Crippen LogP) is 5.64. The van der Waals surface area contributed by atoms with Gasteiger partial charge in [0, 0.05) is 19.1 Å². The fourth-order valence-electron chi connectivity index (χ4n) is 7.97. The minimum atomic E-state index is -1.09. The number of aromatic amines is 2. The van der Waals surface area contributed by atoms with E-state index in [1.807, 2.05) is 23.2 Å². The zero-order chi connectivity index (χ0) is 36.4. The second-order valence-corrected chi connectivity index (χ2v) is 13.8. The fourth-order valence-corrected chi connectivity index (χ4v) is 7.97. The van der Waals surface area contributed by atoms with E-state index in [1.165, 1.54) is 7.11 Å². The van der Waals surface area contributed by atoms with Gasteiger partial charge in [0.1, 0.15) is 17.7 Å². The molecule has 0 bridgehead atoms. The Bertz CT molecular complexity index is 1920. The molecule has 0 unspecified atom stereocenters. The molecule has 2 saturated heterocycles. The van der Waals surface area contributed by atoms with Gasteiger partial charge in [-0.05, 0) is 67.7 Å². The number of nitrogens with one attached hydrogen (secondary N) is 4.